The number of allylic oxidation sites excluding steroid dienone is 2. The summed E-state index contributed by atoms with van der Waals surface area (Å²) in [6.07, 6.45) is -2.16. The molecule has 0 bridgehead atoms. The summed E-state index contributed by atoms with van der Waals surface area (Å²) in [5, 5.41) is 14.2. The van der Waals surface area contributed by atoms with Crippen molar-refractivity contribution in [3.63, 3.8) is 0 Å². The van der Waals surface area contributed by atoms with Gasteiger partial charge in [0, 0.05) is 34.4 Å². The number of nitrogens with zero attached hydrogens (tertiary/aromatic N) is 2. The highest BCUT2D eigenvalue weighted by atomic mass is 19.4. The molecule has 0 aliphatic carbocycles. The quantitative estimate of drug-likeness (QED) is 0.408. The van der Waals surface area contributed by atoms with Crippen LogP contribution in [0, 0.1) is 12.3 Å². The first-order valence-electron chi connectivity index (χ1n) is 9.25. The van der Waals surface area contributed by atoms with Gasteiger partial charge in [0.25, 0.3) is 0 Å². The summed E-state index contributed by atoms with van der Waals surface area (Å²) in [6.45, 7) is 3.65. The molecule has 0 aliphatic rings. The van der Waals surface area contributed by atoms with E-state index in [1.807, 2.05) is 37.3 Å². The van der Waals surface area contributed by atoms with Crippen molar-refractivity contribution in [3.05, 3.63) is 77.9 Å². The van der Waals surface area contributed by atoms with Crippen molar-refractivity contribution in [2.75, 3.05) is 10.6 Å². The average molecular weight is 427 g/mol. The number of ether oxygens (including phenoxy) is 1. The molecule has 3 rings (SSSR count). The van der Waals surface area contributed by atoms with E-state index in [9.17, 15) is 13.2 Å². The number of benzene rings is 2. The van der Waals surface area contributed by atoms with Crippen molar-refractivity contribution in [3.8, 4) is 5.75 Å². The van der Waals surface area contributed by atoms with E-state index in [0.29, 0.717) is 28.3 Å². The Morgan fingerprint density at radius 3 is 2.29 bits per heavy atom. The highest BCUT2D eigenvalue weighted by Gasteiger charge is 2.30. The number of nitrogens with one attached hydrogen (secondary N) is 3. The zero-order chi connectivity index (χ0) is 22.4. The Bertz CT molecular complexity index is 1080. The van der Waals surface area contributed by atoms with Gasteiger partial charge in [-0.2, -0.15) is 0 Å². The summed E-state index contributed by atoms with van der Waals surface area (Å²) in [5.74, 6) is 0.163. The summed E-state index contributed by atoms with van der Waals surface area (Å²) >= 11 is 0. The maximum atomic E-state index is 12.3. The highest BCUT2D eigenvalue weighted by molar-refractivity contribution is 6.10. The minimum Gasteiger partial charge on any atom is -0.406 e. The molecule has 3 N–H and O–H groups in total. The van der Waals surface area contributed by atoms with Crippen molar-refractivity contribution < 1.29 is 17.9 Å². The maximum Gasteiger partial charge on any atom is 0.573 e. The molecule has 0 aliphatic heterocycles. The fourth-order valence-corrected chi connectivity index (χ4v) is 2.88. The minimum atomic E-state index is -4.74. The number of alkyl halides is 3. The maximum absolute atomic E-state index is 12.3. The van der Waals surface area contributed by atoms with Gasteiger partial charge in [-0.1, -0.05) is 18.2 Å². The lowest BCUT2D eigenvalue weighted by molar-refractivity contribution is -0.274. The third-order valence-electron chi connectivity index (χ3n) is 4.34. The van der Waals surface area contributed by atoms with E-state index in [2.05, 4.69) is 25.3 Å². The Hall–Kier alpha value is -3.88. The number of para-hydroxylation sites is 1. The van der Waals surface area contributed by atoms with Crippen LogP contribution in [0.25, 0.3) is 5.57 Å². The van der Waals surface area contributed by atoms with Crippen molar-refractivity contribution in [1.82, 2.24) is 9.97 Å². The topological polar surface area (TPSA) is 82.9 Å². The molecule has 0 saturated heterocycles. The van der Waals surface area contributed by atoms with Gasteiger partial charge in [-0.25, -0.2) is 9.97 Å². The minimum absolute atomic E-state index is 0.310. The third-order valence-corrected chi connectivity index (χ3v) is 4.34. The fourth-order valence-electron chi connectivity index (χ4n) is 2.88. The third kappa shape index (κ3) is 5.81. The van der Waals surface area contributed by atoms with Crippen LogP contribution in [0.15, 0.2) is 66.6 Å². The van der Waals surface area contributed by atoms with Crippen molar-refractivity contribution >= 4 is 29.0 Å². The van der Waals surface area contributed by atoms with Crippen LogP contribution in [-0.4, -0.2) is 22.5 Å². The first kappa shape index (κ1) is 21.8. The van der Waals surface area contributed by atoms with E-state index in [0.717, 1.165) is 11.4 Å². The molecule has 0 fully saturated rings. The van der Waals surface area contributed by atoms with Gasteiger partial charge in [-0.3, -0.25) is 0 Å². The fraction of sp³-hybridized carbons (Fsp3) is 0.136. The van der Waals surface area contributed by atoms with Crippen LogP contribution >= 0.6 is 0 Å². The predicted molar refractivity (Wildman–Crippen MR) is 115 cm³/mol. The van der Waals surface area contributed by atoms with Crippen LogP contribution < -0.4 is 15.4 Å². The van der Waals surface area contributed by atoms with Gasteiger partial charge in [-0.05, 0) is 50.2 Å². The van der Waals surface area contributed by atoms with Crippen molar-refractivity contribution in [2.45, 2.75) is 20.2 Å². The van der Waals surface area contributed by atoms with Crippen LogP contribution in [0.3, 0.4) is 0 Å². The van der Waals surface area contributed by atoms with E-state index < -0.39 is 6.36 Å². The second kappa shape index (κ2) is 9.29. The molecule has 0 saturated carbocycles. The lowest BCUT2D eigenvalue weighted by Crippen LogP contribution is -2.17. The van der Waals surface area contributed by atoms with Crippen LogP contribution in [0.4, 0.5) is 30.4 Å². The summed E-state index contributed by atoms with van der Waals surface area (Å²) in [4.78, 5) is 8.55. The molecular formula is C22H20F3N5O. The number of rotatable bonds is 7. The Morgan fingerprint density at radius 1 is 1.00 bits per heavy atom. The Labute approximate surface area is 177 Å². The SMILES string of the molecule is C/C(Nc1ccccc1)=C(/C=N)c1ncnc(Nc2ccc(OC(F)(F)F)cc2)c1C. The molecule has 0 amide bonds. The van der Waals surface area contributed by atoms with Crippen molar-refractivity contribution in [2.24, 2.45) is 0 Å². The molecule has 1 aromatic heterocycles. The molecule has 0 radical (unpaired) electrons. The van der Waals surface area contributed by atoms with Crippen LogP contribution in [0.2, 0.25) is 0 Å². The second-order valence-electron chi connectivity index (χ2n) is 6.57. The standard InChI is InChI=1S/C22H20F3N5O/c1-14-20(19(12-26)15(2)29-16-6-4-3-5-7-16)27-13-28-21(14)30-17-8-10-18(11-9-17)31-22(23,24)25/h3-13,26,29H,1-2H3,(H,27,28,30)/b19-15+,26-12?. The number of aromatic nitrogens is 2. The number of hydrogen-bond acceptors (Lipinski definition) is 6. The van der Waals surface area contributed by atoms with Crippen LogP contribution in [-0.2, 0) is 0 Å². The smallest absolute Gasteiger partial charge is 0.406 e. The van der Waals surface area contributed by atoms with Crippen LogP contribution in [0.1, 0.15) is 18.2 Å². The summed E-state index contributed by atoms with van der Waals surface area (Å²) in [6, 6.07) is 14.9. The van der Waals surface area contributed by atoms with E-state index >= 15 is 0 Å². The first-order valence-corrected chi connectivity index (χ1v) is 9.25. The van der Waals surface area contributed by atoms with Crippen LogP contribution in [0.5, 0.6) is 5.75 Å². The van der Waals surface area contributed by atoms with Gasteiger partial charge in [0.2, 0.25) is 0 Å². The lowest BCUT2D eigenvalue weighted by atomic mass is 10.1. The summed E-state index contributed by atoms with van der Waals surface area (Å²) in [7, 11) is 0. The first-order chi connectivity index (χ1) is 14.8. The molecule has 0 atom stereocenters. The van der Waals surface area contributed by atoms with E-state index in [1.165, 1.54) is 36.8 Å². The van der Waals surface area contributed by atoms with Gasteiger partial charge >= 0.3 is 6.36 Å². The molecule has 0 spiro atoms. The molecule has 31 heavy (non-hydrogen) atoms. The summed E-state index contributed by atoms with van der Waals surface area (Å²) in [5.41, 5.74) is 3.98. The van der Waals surface area contributed by atoms with E-state index in [1.54, 1.807) is 6.92 Å². The van der Waals surface area contributed by atoms with Gasteiger partial charge in [-0.15, -0.1) is 13.2 Å². The summed E-state index contributed by atoms with van der Waals surface area (Å²) < 4.78 is 40.8. The lowest BCUT2D eigenvalue weighted by Gasteiger charge is -2.15. The highest BCUT2D eigenvalue weighted by Crippen LogP contribution is 2.28. The van der Waals surface area contributed by atoms with Crippen molar-refractivity contribution in [1.29, 1.82) is 5.41 Å². The average Bonchev–Trinajstić information content (AvgIpc) is 2.72. The van der Waals surface area contributed by atoms with Gasteiger partial charge in [0.05, 0.1) is 5.69 Å². The molecule has 3 aromatic rings. The Kier molecular flexibility index (Phi) is 6.54. The molecular weight excluding hydrogens is 407 g/mol. The largest absolute Gasteiger partial charge is 0.573 e. The molecule has 160 valence electrons. The molecule has 0 unspecified atom stereocenters. The predicted octanol–water partition coefficient (Wildman–Crippen LogP) is 5.92. The van der Waals surface area contributed by atoms with Gasteiger partial charge in [0.15, 0.2) is 0 Å². The second-order valence-corrected chi connectivity index (χ2v) is 6.57. The number of anilines is 3. The van der Waals surface area contributed by atoms with Gasteiger partial charge < -0.3 is 20.8 Å². The molecule has 9 heteroatoms. The zero-order valence-electron chi connectivity index (χ0n) is 16.8. The Morgan fingerprint density at radius 2 is 1.68 bits per heavy atom. The number of halogens is 3. The normalized spacial score (nSPS) is 12.0. The zero-order valence-corrected chi connectivity index (χ0v) is 16.8. The molecule has 6 nitrogen and oxygen atoms in total. The van der Waals surface area contributed by atoms with E-state index in [-0.39, 0.29) is 5.75 Å². The monoisotopic (exact) mass is 427 g/mol. The molecule has 1 heterocycles. The Balaban J connectivity index is 1.85. The molecule has 2 aromatic carbocycles. The number of hydrogen-bond donors (Lipinski definition) is 3. The van der Waals surface area contributed by atoms with Gasteiger partial charge in [0.1, 0.15) is 17.9 Å². The van der Waals surface area contributed by atoms with E-state index in [4.69, 9.17) is 5.41 Å².